The van der Waals surface area contributed by atoms with Gasteiger partial charge in [-0.3, -0.25) is 9.59 Å². The summed E-state index contributed by atoms with van der Waals surface area (Å²) in [6.07, 6.45) is 9.87. The minimum atomic E-state index is -0.438. The van der Waals surface area contributed by atoms with Crippen molar-refractivity contribution in [2.75, 3.05) is 20.8 Å². The first-order chi connectivity index (χ1) is 19.3. The lowest BCUT2D eigenvalue weighted by Crippen LogP contribution is -2.70. The van der Waals surface area contributed by atoms with E-state index in [1.54, 1.807) is 14.2 Å². The zero-order valence-electron chi connectivity index (χ0n) is 25.3. The number of carbonyl (C=O) groups is 2. The molecule has 6 fully saturated rings. The average molecular weight is 560 g/mol. The van der Waals surface area contributed by atoms with Crippen LogP contribution in [-0.2, 0) is 23.8 Å². The maximum absolute atomic E-state index is 14.2. The van der Waals surface area contributed by atoms with Crippen molar-refractivity contribution in [3.63, 3.8) is 0 Å². The third-order valence-electron chi connectivity index (χ3n) is 12.1. The van der Waals surface area contributed by atoms with Gasteiger partial charge in [-0.2, -0.15) is 0 Å². The number of hydrogen-bond donors (Lipinski definition) is 2. The van der Waals surface area contributed by atoms with Crippen molar-refractivity contribution < 1.29 is 23.8 Å². The van der Waals surface area contributed by atoms with Crippen molar-refractivity contribution >= 4 is 11.8 Å². The van der Waals surface area contributed by atoms with Gasteiger partial charge in [0.1, 0.15) is 6.10 Å². The monoisotopic (exact) mass is 559 g/mol. The van der Waals surface area contributed by atoms with E-state index < -0.39 is 6.10 Å². The number of nitrogens with one attached hydrogen (secondary N) is 2. The van der Waals surface area contributed by atoms with Crippen molar-refractivity contribution in [1.82, 2.24) is 15.5 Å². The molecule has 0 bridgehead atoms. The number of rotatable bonds is 7. The highest BCUT2D eigenvalue weighted by Gasteiger charge is 2.64. The highest BCUT2D eigenvalue weighted by molar-refractivity contribution is 5.83. The van der Waals surface area contributed by atoms with Crippen LogP contribution in [0.1, 0.15) is 85.0 Å². The van der Waals surface area contributed by atoms with E-state index in [4.69, 9.17) is 14.2 Å². The molecule has 0 spiro atoms. The summed E-state index contributed by atoms with van der Waals surface area (Å²) in [6.45, 7) is 7.55. The Bertz CT molecular complexity index is 922. The van der Waals surface area contributed by atoms with Gasteiger partial charge in [-0.1, -0.05) is 13.8 Å². The molecule has 3 aliphatic heterocycles. The zero-order chi connectivity index (χ0) is 28.1. The van der Waals surface area contributed by atoms with Crippen molar-refractivity contribution in [2.24, 2.45) is 35.5 Å². The fourth-order valence-electron chi connectivity index (χ4n) is 10.1. The maximum Gasteiger partial charge on any atom is 0.249 e. The molecule has 0 radical (unpaired) electrons. The molecule has 0 aromatic rings. The van der Waals surface area contributed by atoms with Gasteiger partial charge >= 0.3 is 0 Å². The third-order valence-corrected chi connectivity index (χ3v) is 12.1. The third kappa shape index (κ3) is 5.03. The minimum Gasteiger partial charge on any atom is -0.379 e. The first kappa shape index (κ1) is 28.9. The summed E-state index contributed by atoms with van der Waals surface area (Å²) in [5, 5.41) is 7.15. The molecule has 6 rings (SSSR count). The van der Waals surface area contributed by atoms with E-state index in [1.165, 1.54) is 12.8 Å². The lowest BCUT2D eigenvalue weighted by atomic mass is 9.64. The van der Waals surface area contributed by atoms with Crippen LogP contribution in [0.4, 0.5) is 0 Å². The second-order valence-electron chi connectivity index (χ2n) is 14.2. The number of ether oxygens (including phenoxy) is 3. The van der Waals surface area contributed by atoms with Crippen LogP contribution in [-0.4, -0.2) is 86.1 Å². The Morgan fingerprint density at radius 1 is 0.925 bits per heavy atom. The first-order valence-electron chi connectivity index (χ1n) is 16.4. The second-order valence-corrected chi connectivity index (χ2v) is 14.2. The van der Waals surface area contributed by atoms with Gasteiger partial charge in [-0.25, -0.2) is 0 Å². The lowest BCUT2D eigenvalue weighted by Gasteiger charge is -2.55. The van der Waals surface area contributed by atoms with E-state index in [0.29, 0.717) is 29.7 Å². The predicted octanol–water partition coefficient (Wildman–Crippen LogP) is 3.52. The van der Waals surface area contributed by atoms with Gasteiger partial charge in [-0.15, -0.1) is 0 Å². The molecule has 8 nitrogen and oxygen atoms in total. The lowest BCUT2D eigenvalue weighted by molar-refractivity contribution is -0.175. The van der Waals surface area contributed by atoms with Gasteiger partial charge in [0.15, 0.2) is 0 Å². The van der Waals surface area contributed by atoms with Gasteiger partial charge in [-0.05, 0) is 107 Å². The molecule has 40 heavy (non-hydrogen) atoms. The minimum absolute atomic E-state index is 0.0217. The molecule has 10 unspecified atom stereocenters. The molecule has 3 saturated heterocycles. The molecule has 11 atom stereocenters. The quantitative estimate of drug-likeness (QED) is 0.496. The van der Waals surface area contributed by atoms with Gasteiger partial charge < -0.3 is 29.7 Å². The van der Waals surface area contributed by atoms with Crippen LogP contribution in [0.5, 0.6) is 0 Å². The molecule has 2 N–H and O–H groups in total. The first-order valence-corrected chi connectivity index (χ1v) is 16.4. The molecule has 6 aliphatic rings. The Balaban J connectivity index is 1.10. The largest absolute Gasteiger partial charge is 0.379 e. The summed E-state index contributed by atoms with van der Waals surface area (Å²) in [5.74, 6) is 2.96. The summed E-state index contributed by atoms with van der Waals surface area (Å²) < 4.78 is 18.2. The number of fused-ring (bicyclic) bond motifs is 5. The molecule has 0 aromatic heterocycles. The molecule has 2 amide bonds. The Hall–Kier alpha value is -1.22. The van der Waals surface area contributed by atoms with Crippen LogP contribution in [0.15, 0.2) is 0 Å². The van der Waals surface area contributed by atoms with Crippen molar-refractivity contribution in [3.8, 4) is 0 Å². The fourth-order valence-corrected chi connectivity index (χ4v) is 10.1. The molecule has 8 heteroatoms. The van der Waals surface area contributed by atoms with Crippen LogP contribution >= 0.6 is 0 Å². The number of methoxy groups -OCH3 is 2. The SMILES string of the molecule is COC1CCC2C3NCCC4C5CC(O[C@@H](C)C(=O)NC6CCC(C(C)C)CC6)CCC5N(C(=O)C2C1OC)C43. The topological polar surface area (TPSA) is 89.1 Å². The number of nitrogens with zero attached hydrogens (tertiary/aromatic N) is 1. The summed E-state index contributed by atoms with van der Waals surface area (Å²) in [5.41, 5.74) is 0. The summed E-state index contributed by atoms with van der Waals surface area (Å²) >= 11 is 0. The van der Waals surface area contributed by atoms with E-state index in [1.807, 2.05) is 6.92 Å². The van der Waals surface area contributed by atoms with E-state index in [9.17, 15) is 9.59 Å². The summed E-state index contributed by atoms with van der Waals surface area (Å²) in [7, 11) is 3.48. The molecule has 3 heterocycles. The van der Waals surface area contributed by atoms with Crippen molar-refractivity contribution in [3.05, 3.63) is 0 Å². The van der Waals surface area contributed by atoms with Crippen molar-refractivity contribution in [2.45, 2.75) is 134 Å². The molecule has 226 valence electrons. The van der Waals surface area contributed by atoms with Crippen LogP contribution in [0.25, 0.3) is 0 Å². The van der Waals surface area contributed by atoms with E-state index >= 15 is 0 Å². The second kappa shape index (κ2) is 11.8. The maximum atomic E-state index is 14.2. The normalized spacial score (nSPS) is 45.5. The van der Waals surface area contributed by atoms with Gasteiger partial charge in [0.2, 0.25) is 11.8 Å². The summed E-state index contributed by atoms with van der Waals surface area (Å²) in [4.78, 5) is 29.6. The van der Waals surface area contributed by atoms with Gasteiger partial charge in [0.25, 0.3) is 0 Å². The number of carbonyl (C=O) groups excluding carboxylic acids is 2. The highest BCUT2D eigenvalue weighted by atomic mass is 16.5. The van der Waals surface area contributed by atoms with Gasteiger partial charge in [0.05, 0.1) is 30.3 Å². The molecular weight excluding hydrogens is 506 g/mol. The highest BCUT2D eigenvalue weighted by Crippen LogP contribution is 2.54. The number of piperidine rings is 2. The Labute approximate surface area is 241 Å². The van der Waals surface area contributed by atoms with Gasteiger partial charge in [0, 0.05) is 32.3 Å². The van der Waals surface area contributed by atoms with Crippen LogP contribution in [0.3, 0.4) is 0 Å². The molecule has 0 aromatic carbocycles. The average Bonchev–Trinajstić information content (AvgIpc) is 3.30. The predicted molar refractivity (Wildman–Crippen MR) is 153 cm³/mol. The Kier molecular flexibility index (Phi) is 8.53. The number of hydrogen-bond acceptors (Lipinski definition) is 6. The van der Waals surface area contributed by atoms with E-state index in [0.717, 1.165) is 69.7 Å². The summed E-state index contributed by atoms with van der Waals surface area (Å²) in [6, 6.07) is 1.16. The standard InChI is InChI=1S/C32H53N3O5/c1-17(2)19-6-8-20(9-7-19)34-31(36)18(3)40-21-10-12-25-24(16-21)22-14-15-33-28-23-11-13-26(38-4)30(39-5)27(23)32(37)35(25)29(22)28/h17-30,33H,6-16H2,1-5H3,(H,34,36)/t18-,19?,20?,21?,22?,23?,24?,25?,26?,27?,28?,29?,30?/m0/s1. The Morgan fingerprint density at radius 2 is 1.70 bits per heavy atom. The number of amides is 2. The smallest absolute Gasteiger partial charge is 0.249 e. The Morgan fingerprint density at radius 3 is 2.40 bits per heavy atom. The van der Waals surface area contributed by atoms with Crippen LogP contribution in [0, 0.1) is 35.5 Å². The fraction of sp³-hybridized carbons (Fsp3) is 0.938. The van der Waals surface area contributed by atoms with Crippen LogP contribution in [0.2, 0.25) is 0 Å². The molecular formula is C32H53N3O5. The van der Waals surface area contributed by atoms with E-state index in [-0.39, 0.29) is 48.3 Å². The van der Waals surface area contributed by atoms with Crippen molar-refractivity contribution in [1.29, 1.82) is 0 Å². The van der Waals surface area contributed by atoms with E-state index in [2.05, 4.69) is 29.4 Å². The molecule has 3 saturated carbocycles. The molecule has 3 aliphatic carbocycles. The van der Waals surface area contributed by atoms with Crippen LogP contribution < -0.4 is 10.6 Å². The zero-order valence-corrected chi connectivity index (χ0v) is 25.3.